The number of fused-ring (bicyclic) bond motifs is 1. The first-order valence-corrected chi connectivity index (χ1v) is 3.21. The molecule has 0 radical (unpaired) electrons. The van der Waals surface area contributed by atoms with Gasteiger partial charge in [0.05, 0.1) is 13.2 Å². The first kappa shape index (κ1) is 4.77. The maximum Gasteiger partial charge on any atom is 0.0501 e. The van der Waals surface area contributed by atoms with Crippen LogP contribution in [0, 0.1) is 17.8 Å². The minimum absolute atomic E-state index is 0.823. The van der Waals surface area contributed by atoms with Crippen LogP contribution in [0.1, 0.15) is 0 Å². The van der Waals surface area contributed by atoms with E-state index < -0.39 is 0 Å². The zero-order chi connectivity index (χ0) is 5.56. The Bertz CT molecular complexity index is 87.9. The van der Waals surface area contributed by atoms with E-state index in [4.69, 9.17) is 10.5 Å². The third-order valence-corrected chi connectivity index (χ3v) is 2.40. The highest BCUT2D eigenvalue weighted by Gasteiger charge is 2.52. The highest BCUT2D eigenvalue weighted by atomic mass is 16.5. The van der Waals surface area contributed by atoms with Crippen LogP contribution in [-0.4, -0.2) is 19.8 Å². The van der Waals surface area contributed by atoms with Crippen molar-refractivity contribution in [1.29, 1.82) is 0 Å². The first-order chi connectivity index (χ1) is 3.93. The van der Waals surface area contributed by atoms with E-state index >= 15 is 0 Å². The van der Waals surface area contributed by atoms with Gasteiger partial charge >= 0.3 is 0 Å². The van der Waals surface area contributed by atoms with Crippen molar-refractivity contribution >= 4 is 0 Å². The zero-order valence-corrected chi connectivity index (χ0v) is 4.84. The molecule has 2 heteroatoms. The Morgan fingerprint density at radius 1 is 1.38 bits per heavy atom. The molecule has 0 bridgehead atoms. The van der Waals surface area contributed by atoms with Gasteiger partial charge in [-0.05, 0) is 24.3 Å². The lowest BCUT2D eigenvalue weighted by Gasteiger charge is -1.97. The summed E-state index contributed by atoms with van der Waals surface area (Å²) in [6.07, 6.45) is 0. The molecule has 0 aromatic rings. The minimum atomic E-state index is 0.823. The Kier molecular flexibility index (Phi) is 0.866. The van der Waals surface area contributed by atoms with E-state index in [2.05, 4.69) is 0 Å². The molecule has 1 saturated heterocycles. The molecule has 2 rings (SSSR count). The molecule has 2 fully saturated rings. The van der Waals surface area contributed by atoms with Gasteiger partial charge in [0, 0.05) is 0 Å². The largest absolute Gasteiger partial charge is 0.381 e. The van der Waals surface area contributed by atoms with Gasteiger partial charge in [-0.25, -0.2) is 0 Å². The molecule has 0 aromatic carbocycles. The molecule has 2 aliphatic rings. The molecule has 1 aliphatic carbocycles. The molecular formula is C6H11NO. The molecule has 8 heavy (non-hydrogen) atoms. The second kappa shape index (κ2) is 1.45. The van der Waals surface area contributed by atoms with E-state index in [-0.39, 0.29) is 0 Å². The topological polar surface area (TPSA) is 35.2 Å². The molecule has 1 aliphatic heterocycles. The summed E-state index contributed by atoms with van der Waals surface area (Å²) < 4.78 is 5.18. The number of hydrogen-bond donors (Lipinski definition) is 1. The molecule has 2 nitrogen and oxygen atoms in total. The van der Waals surface area contributed by atoms with Crippen molar-refractivity contribution in [3.05, 3.63) is 0 Å². The lowest BCUT2D eigenvalue weighted by atomic mass is 10.3. The van der Waals surface area contributed by atoms with E-state index in [0.29, 0.717) is 0 Å². The van der Waals surface area contributed by atoms with Gasteiger partial charge in [0.2, 0.25) is 0 Å². The SMILES string of the molecule is NC[C@@H]1[C@H]2COC[C@@H]12. The van der Waals surface area contributed by atoms with Gasteiger partial charge < -0.3 is 10.5 Å². The first-order valence-electron chi connectivity index (χ1n) is 3.21. The number of ether oxygens (including phenoxy) is 1. The van der Waals surface area contributed by atoms with Crippen LogP contribution in [0.5, 0.6) is 0 Å². The molecule has 0 spiro atoms. The Hall–Kier alpha value is -0.0800. The summed E-state index contributed by atoms with van der Waals surface area (Å²) >= 11 is 0. The van der Waals surface area contributed by atoms with Crippen LogP contribution < -0.4 is 5.73 Å². The third-order valence-electron chi connectivity index (χ3n) is 2.40. The highest BCUT2D eigenvalue weighted by molar-refractivity contribution is 5.00. The molecule has 0 aromatic heterocycles. The van der Waals surface area contributed by atoms with Gasteiger partial charge in [-0.1, -0.05) is 0 Å². The summed E-state index contributed by atoms with van der Waals surface area (Å²) in [5, 5.41) is 0. The summed E-state index contributed by atoms with van der Waals surface area (Å²) in [5.41, 5.74) is 5.47. The van der Waals surface area contributed by atoms with Crippen LogP contribution >= 0.6 is 0 Å². The van der Waals surface area contributed by atoms with Gasteiger partial charge in [-0.3, -0.25) is 0 Å². The van der Waals surface area contributed by atoms with Gasteiger partial charge in [-0.2, -0.15) is 0 Å². The van der Waals surface area contributed by atoms with E-state index in [1.807, 2.05) is 0 Å². The van der Waals surface area contributed by atoms with Crippen LogP contribution in [0.4, 0.5) is 0 Å². The van der Waals surface area contributed by atoms with Crippen molar-refractivity contribution in [3.8, 4) is 0 Å². The van der Waals surface area contributed by atoms with Gasteiger partial charge in [-0.15, -0.1) is 0 Å². The number of rotatable bonds is 1. The van der Waals surface area contributed by atoms with Gasteiger partial charge in [0.25, 0.3) is 0 Å². The van der Waals surface area contributed by atoms with Crippen LogP contribution in [-0.2, 0) is 4.74 Å². The van der Waals surface area contributed by atoms with Crippen LogP contribution in [0.15, 0.2) is 0 Å². The molecule has 46 valence electrons. The predicted octanol–water partition coefficient (Wildman–Crippen LogP) is -0.163. The van der Waals surface area contributed by atoms with Crippen molar-refractivity contribution in [3.63, 3.8) is 0 Å². The lowest BCUT2D eigenvalue weighted by Crippen LogP contribution is -2.08. The Balaban J connectivity index is 1.94. The van der Waals surface area contributed by atoms with Gasteiger partial charge in [0.1, 0.15) is 0 Å². The van der Waals surface area contributed by atoms with Gasteiger partial charge in [0.15, 0.2) is 0 Å². The molecule has 0 amide bonds. The quantitative estimate of drug-likeness (QED) is 0.512. The monoisotopic (exact) mass is 113 g/mol. The van der Waals surface area contributed by atoms with E-state index in [0.717, 1.165) is 37.5 Å². The Morgan fingerprint density at radius 3 is 2.38 bits per heavy atom. The van der Waals surface area contributed by atoms with Crippen molar-refractivity contribution in [1.82, 2.24) is 0 Å². The fraction of sp³-hybridized carbons (Fsp3) is 1.00. The molecule has 1 heterocycles. The second-order valence-corrected chi connectivity index (χ2v) is 2.76. The van der Waals surface area contributed by atoms with Crippen LogP contribution in [0.2, 0.25) is 0 Å². The Labute approximate surface area is 49.0 Å². The van der Waals surface area contributed by atoms with Crippen molar-refractivity contribution < 1.29 is 4.74 Å². The molecule has 2 N–H and O–H groups in total. The number of nitrogens with two attached hydrogens (primary N) is 1. The van der Waals surface area contributed by atoms with Crippen molar-refractivity contribution in [2.75, 3.05) is 19.8 Å². The maximum atomic E-state index is 5.47. The van der Waals surface area contributed by atoms with E-state index in [1.165, 1.54) is 0 Å². The molecule has 3 atom stereocenters. The normalized spacial score (nSPS) is 51.4. The van der Waals surface area contributed by atoms with E-state index in [9.17, 15) is 0 Å². The van der Waals surface area contributed by atoms with Crippen LogP contribution in [0.3, 0.4) is 0 Å². The number of hydrogen-bond acceptors (Lipinski definition) is 2. The molecular weight excluding hydrogens is 102 g/mol. The van der Waals surface area contributed by atoms with Crippen molar-refractivity contribution in [2.24, 2.45) is 23.5 Å². The third kappa shape index (κ3) is 0.446. The minimum Gasteiger partial charge on any atom is -0.381 e. The summed E-state index contributed by atoms with van der Waals surface area (Å²) in [4.78, 5) is 0. The summed E-state index contributed by atoms with van der Waals surface area (Å²) in [6, 6.07) is 0. The van der Waals surface area contributed by atoms with Crippen molar-refractivity contribution in [2.45, 2.75) is 0 Å². The summed E-state index contributed by atoms with van der Waals surface area (Å²) in [6.45, 7) is 2.83. The average molecular weight is 113 g/mol. The average Bonchev–Trinajstić information content (AvgIpc) is 2.22. The lowest BCUT2D eigenvalue weighted by molar-refractivity contribution is 0.152. The zero-order valence-electron chi connectivity index (χ0n) is 4.84. The fourth-order valence-electron chi connectivity index (χ4n) is 1.71. The predicted molar refractivity (Wildman–Crippen MR) is 30.3 cm³/mol. The smallest absolute Gasteiger partial charge is 0.0501 e. The molecule has 1 saturated carbocycles. The second-order valence-electron chi connectivity index (χ2n) is 2.76. The summed E-state index contributed by atoms with van der Waals surface area (Å²) in [5.74, 6) is 2.52. The maximum absolute atomic E-state index is 5.47. The fourth-order valence-corrected chi connectivity index (χ4v) is 1.71. The highest BCUT2D eigenvalue weighted by Crippen LogP contribution is 2.49. The molecule has 0 unspecified atom stereocenters. The Morgan fingerprint density at radius 2 is 2.00 bits per heavy atom. The van der Waals surface area contributed by atoms with Crippen LogP contribution in [0.25, 0.3) is 0 Å². The standard InChI is InChI=1S/C6H11NO/c7-1-4-5-2-8-3-6(4)5/h4-6H,1-3,7H2/t4-,5-,6+. The van der Waals surface area contributed by atoms with E-state index in [1.54, 1.807) is 0 Å². The summed E-state index contributed by atoms with van der Waals surface area (Å²) in [7, 11) is 0.